The number of thioether (sulfide) groups is 1. The largest absolute Gasteiger partial charge is 0.435 e. The maximum atomic E-state index is 12.1. The van der Waals surface area contributed by atoms with Gasteiger partial charge >= 0.3 is 6.61 Å². The Balaban J connectivity index is 1.52. The molecule has 3 rings (SSSR count). The number of fused-ring (bicyclic) bond motifs is 1. The van der Waals surface area contributed by atoms with Gasteiger partial charge < -0.3 is 14.6 Å². The Morgan fingerprint density at radius 2 is 2.04 bits per heavy atom. The molecule has 1 amide bonds. The maximum Gasteiger partial charge on any atom is 0.387 e. The lowest BCUT2D eigenvalue weighted by Crippen LogP contribution is -2.14. The van der Waals surface area contributed by atoms with Crippen LogP contribution in [0, 0.1) is 0 Å². The zero-order chi connectivity index (χ0) is 17.6. The first-order valence-electron chi connectivity index (χ1n) is 8.01. The highest BCUT2D eigenvalue weighted by Crippen LogP contribution is 2.22. The fraction of sp³-hybridized carbons (Fsp3) is 0.438. The molecular weight excluding hydrogens is 350 g/mol. The van der Waals surface area contributed by atoms with Gasteiger partial charge in [-0.2, -0.15) is 8.78 Å². The van der Waals surface area contributed by atoms with E-state index >= 15 is 0 Å². The number of hydrogen-bond donors (Lipinski definition) is 1. The van der Waals surface area contributed by atoms with Gasteiger partial charge in [0.2, 0.25) is 5.91 Å². The number of anilines is 1. The topological polar surface area (TPSA) is 69.0 Å². The van der Waals surface area contributed by atoms with E-state index < -0.39 is 6.61 Å². The van der Waals surface area contributed by atoms with Crippen LogP contribution >= 0.6 is 11.8 Å². The molecule has 0 radical (unpaired) electrons. The molecule has 1 aromatic heterocycles. The smallest absolute Gasteiger partial charge is 0.387 e. The van der Waals surface area contributed by atoms with Gasteiger partial charge in [-0.1, -0.05) is 18.2 Å². The van der Waals surface area contributed by atoms with E-state index in [0.29, 0.717) is 5.69 Å². The zero-order valence-electron chi connectivity index (χ0n) is 13.5. The summed E-state index contributed by atoms with van der Waals surface area (Å²) in [5.74, 6) is 1.04. The monoisotopic (exact) mass is 368 g/mol. The van der Waals surface area contributed by atoms with E-state index in [1.54, 1.807) is 0 Å². The van der Waals surface area contributed by atoms with Crippen LogP contribution in [0.2, 0.25) is 0 Å². The van der Waals surface area contributed by atoms with Gasteiger partial charge in [0.1, 0.15) is 11.6 Å². The molecule has 6 nitrogen and oxygen atoms in total. The molecule has 25 heavy (non-hydrogen) atoms. The lowest BCUT2D eigenvalue weighted by atomic mass is 10.2. The first kappa shape index (κ1) is 17.7. The molecule has 1 aliphatic heterocycles. The Hall–Kier alpha value is -2.16. The molecule has 1 aromatic carbocycles. The molecule has 9 heteroatoms. The number of alkyl halides is 2. The van der Waals surface area contributed by atoms with E-state index in [4.69, 9.17) is 0 Å². The van der Waals surface area contributed by atoms with Crippen molar-refractivity contribution in [2.24, 2.45) is 0 Å². The molecule has 0 saturated heterocycles. The van der Waals surface area contributed by atoms with Crippen molar-refractivity contribution in [3.8, 4) is 5.75 Å². The highest BCUT2D eigenvalue weighted by molar-refractivity contribution is 7.99. The minimum Gasteiger partial charge on any atom is -0.435 e. The molecule has 0 aliphatic carbocycles. The second-order valence-corrected chi connectivity index (χ2v) is 6.54. The summed E-state index contributed by atoms with van der Waals surface area (Å²) in [5, 5.41) is 11.8. The average Bonchev–Trinajstić information content (AvgIpc) is 2.81. The first-order chi connectivity index (χ1) is 12.1. The number of aryl methyl sites for hydroxylation is 1. The number of aromatic nitrogens is 3. The summed E-state index contributed by atoms with van der Waals surface area (Å²) in [4.78, 5) is 12.1. The summed E-state index contributed by atoms with van der Waals surface area (Å²) in [5.41, 5.74) is 0.521. The van der Waals surface area contributed by atoms with Crippen molar-refractivity contribution in [3.63, 3.8) is 0 Å². The summed E-state index contributed by atoms with van der Waals surface area (Å²) in [6, 6.07) is 5.80. The van der Waals surface area contributed by atoms with Crippen LogP contribution in [-0.4, -0.2) is 33.0 Å². The molecule has 0 spiro atoms. The first-order valence-corrected chi connectivity index (χ1v) is 9.00. The van der Waals surface area contributed by atoms with Gasteiger partial charge in [-0.15, -0.1) is 10.2 Å². The number of benzene rings is 1. The zero-order valence-corrected chi connectivity index (χ0v) is 14.3. The van der Waals surface area contributed by atoms with E-state index in [-0.39, 0.29) is 17.4 Å². The number of nitrogens with zero attached hydrogens (tertiary/aromatic N) is 3. The highest BCUT2D eigenvalue weighted by atomic mass is 32.2. The minimum atomic E-state index is -2.87. The Labute approximate surface area is 148 Å². The van der Waals surface area contributed by atoms with Gasteiger partial charge in [0.25, 0.3) is 0 Å². The Morgan fingerprint density at radius 3 is 2.80 bits per heavy atom. The van der Waals surface area contributed by atoms with Crippen LogP contribution in [0.15, 0.2) is 29.4 Å². The number of hydrogen-bond acceptors (Lipinski definition) is 5. The lowest BCUT2D eigenvalue weighted by molar-refractivity contribution is -0.113. The van der Waals surface area contributed by atoms with E-state index in [1.807, 2.05) is 0 Å². The third-order valence-electron chi connectivity index (χ3n) is 3.77. The molecule has 2 aromatic rings. The third kappa shape index (κ3) is 4.91. The van der Waals surface area contributed by atoms with Crippen LogP contribution in [0.3, 0.4) is 0 Å². The number of nitrogens with one attached hydrogen (secondary N) is 1. The van der Waals surface area contributed by atoms with Crippen LogP contribution in [0.4, 0.5) is 14.5 Å². The predicted molar refractivity (Wildman–Crippen MR) is 90.0 cm³/mol. The van der Waals surface area contributed by atoms with E-state index in [1.165, 1.54) is 42.4 Å². The number of carbonyl (C=O) groups is 1. The van der Waals surface area contributed by atoms with Gasteiger partial charge in [0.15, 0.2) is 5.16 Å². The second-order valence-electron chi connectivity index (χ2n) is 5.60. The van der Waals surface area contributed by atoms with Gasteiger partial charge in [-0.05, 0) is 37.1 Å². The summed E-state index contributed by atoms with van der Waals surface area (Å²) < 4.78 is 30.6. The fourth-order valence-corrected chi connectivity index (χ4v) is 3.40. The molecule has 1 N–H and O–H groups in total. The van der Waals surface area contributed by atoms with Crippen molar-refractivity contribution in [1.82, 2.24) is 14.8 Å². The minimum absolute atomic E-state index is 0.0496. The molecule has 1 aliphatic rings. The van der Waals surface area contributed by atoms with Gasteiger partial charge in [0, 0.05) is 18.7 Å². The normalized spacial score (nSPS) is 14.0. The summed E-state index contributed by atoms with van der Waals surface area (Å²) in [7, 11) is 0. The highest BCUT2D eigenvalue weighted by Gasteiger charge is 2.16. The van der Waals surface area contributed by atoms with Crippen molar-refractivity contribution in [2.75, 3.05) is 11.1 Å². The maximum absolute atomic E-state index is 12.1. The van der Waals surface area contributed by atoms with Crippen molar-refractivity contribution in [3.05, 3.63) is 30.1 Å². The average molecular weight is 368 g/mol. The second kappa shape index (κ2) is 8.28. The van der Waals surface area contributed by atoms with Crippen LogP contribution in [0.1, 0.15) is 25.1 Å². The standard InChI is InChI=1S/C16H18F2N4O2S/c17-15(18)24-12-7-5-11(6-8-12)19-14(23)10-25-16-21-20-13-4-2-1-3-9-22(13)16/h5-8,15H,1-4,9-10H2,(H,19,23). The fourth-order valence-electron chi connectivity index (χ4n) is 2.61. The number of halogens is 2. The predicted octanol–water partition coefficient (Wildman–Crippen LogP) is 3.34. The number of amides is 1. The molecular formula is C16H18F2N4O2S. The third-order valence-corrected chi connectivity index (χ3v) is 4.74. The molecule has 2 heterocycles. The van der Waals surface area contributed by atoms with E-state index in [2.05, 4.69) is 24.8 Å². The SMILES string of the molecule is O=C(CSc1nnc2n1CCCCC2)Nc1ccc(OC(F)F)cc1. The van der Waals surface area contributed by atoms with Gasteiger partial charge in [-0.25, -0.2) is 0 Å². The Morgan fingerprint density at radius 1 is 1.24 bits per heavy atom. The van der Waals surface area contributed by atoms with Crippen LogP contribution < -0.4 is 10.1 Å². The quantitative estimate of drug-likeness (QED) is 0.792. The van der Waals surface area contributed by atoms with Crippen LogP contribution in [0.25, 0.3) is 0 Å². The lowest BCUT2D eigenvalue weighted by Gasteiger charge is -2.08. The number of carbonyl (C=O) groups excluding carboxylic acids is 1. The summed E-state index contributed by atoms with van der Waals surface area (Å²) in [6.45, 7) is -1.98. The van der Waals surface area contributed by atoms with E-state index in [0.717, 1.165) is 36.8 Å². The molecule has 0 unspecified atom stereocenters. The van der Waals surface area contributed by atoms with Gasteiger partial charge in [-0.3, -0.25) is 4.79 Å². The van der Waals surface area contributed by atoms with Crippen LogP contribution in [-0.2, 0) is 17.8 Å². The Bertz CT molecular complexity index is 721. The van der Waals surface area contributed by atoms with Gasteiger partial charge in [0.05, 0.1) is 5.75 Å². The molecule has 134 valence electrons. The Kier molecular flexibility index (Phi) is 5.85. The number of rotatable bonds is 6. The van der Waals surface area contributed by atoms with Crippen molar-refractivity contribution in [1.29, 1.82) is 0 Å². The molecule has 0 saturated carbocycles. The molecule has 0 atom stereocenters. The number of ether oxygens (including phenoxy) is 1. The molecule has 0 bridgehead atoms. The van der Waals surface area contributed by atoms with Crippen molar-refractivity contribution >= 4 is 23.4 Å². The van der Waals surface area contributed by atoms with Crippen molar-refractivity contribution in [2.45, 2.75) is 44.0 Å². The van der Waals surface area contributed by atoms with E-state index in [9.17, 15) is 13.6 Å². The van der Waals surface area contributed by atoms with Crippen molar-refractivity contribution < 1.29 is 18.3 Å². The van der Waals surface area contributed by atoms with Crippen LogP contribution in [0.5, 0.6) is 5.75 Å². The summed E-state index contributed by atoms with van der Waals surface area (Å²) >= 11 is 1.34. The molecule has 0 fully saturated rings. The summed E-state index contributed by atoms with van der Waals surface area (Å²) in [6.07, 6.45) is 4.32.